The average Bonchev–Trinajstić information content (AvgIpc) is 3.50. The molecule has 206 valence electrons. The number of carbonyl (C=O) groups is 1. The van der Waals surface area contributed by atoms with Crippen molar-refractivity contribution in [2.45, 2.75) is 83.5 Å². The van der Waals surface area contributed by atoms with E-state index in [0.29, 0.717) is 40.2 Å². The molecule has 0 saturated heterocycles. The summed E-state index contributed by atoms with van der Waals surface area (Å²) in [5.41, 5.74) is 1.11. The van der Waals surface area contributed by atoms with Crippen molar-refractivity contribution in [1.29, 1.82) is 0 Å². The molecule has 3 N–H and O–H groups in total. The van der Waals surface area contributed by atoms with Gasteiger partial charge in [-0.2, -0.15) is 14.9 Å². The van der Waals surface area contributed by atoms with Crippen LogP contribution in [0.1, 0.15) is 94.0 Å². The number of nitrogens with zero attached hydrogens (tertiary/aromatic N) is 5. The Morgan fingerprint density at radius 2 is 1.95 bits per heavy atom. The summed E-state index contributed by atoms with van der Waals surface area (Å²) in [6.45, 7) is 9.04. The van der Waals surface area contributed by atoms with Crippen LogP contribution in [0, 0.1) is 5.21 Å². The van der Waals surface area contributed by atoms with Crippen LogP contribution in [0.15, 0.2) is 48.9 Å². The molecule has 0 radical (unpaired) electrons. The quantitative estimate of drug-likeness (QED) is 0.250. The number of amides is 1. The van der Waals surface area contributed by atoms with Gasteiger partial charge in [-0.25, -0.2) is 4.68 Å². The third kappa shape index (κ3) is 5.39. The number of fused-ring (bicyclic) bond motifs is 1. The van der Waals surface area contributed by atoms with Crippen LogP contribution in [0.3, 0.4) is 0 Å². The van der Waals surface area contributed by atoms with Crippen LogP contribution in [-0.4, -0.2) is 41.3 Å². The molecule has 0 aliphatic heterocycles. The fourth-order valence-electron chi connectivity index (χ4n) is 5.11. The molecule has 1 aliphatic rings. The minimum absolute atomic E-state index is 0.00477. The summed E-state index contributed by atoms with van der Waals surface area (Å²) in [6.07, 6.45) is 8.31. The maximum absolute atomic E-state index is 13.4. The zero-order valence-corrected chi connectivity index (χ0v) is 23.0. The zero-order valence-electron chi connectivity index (χ0n) is 23.0. The molecule has 3 aromatic heterocycles. The number of carbonyl (C=O) groups excluding carboxylic acids is 1. The van der Waals surface area contributed by atoms with Gasteiger partial charge in [0.25, 0.3) is 5.69 Å². The molecule has 10 nitrogen and oxygen atoms in total. The van der Waals surface area contributed by atoms with Crippen molar-refractivity contribution in [2.75, 3.05) is 5.32 Å². The number of rotatable bonds is 6. The van der Waals surface area contributed by atoms with Gasteiger partial charge in [0.2, 0.25) is 0 Å². The molecule has 1 aromatic carbocycles. The summed E-state index contributed by atoms with van der Waals surface area (Å²) in [7, 11) is 0. The highest BCUT2D eigenvalue weighted by atomic mass is 16.5. The van der Waals surface area contributed by atoms with Gasteiger partial charge < -0.3 is 20.7 Å². The van der Waals surface area contributed by atoms with E-state index < -0.39 is 17.1 Å². The van der Waals surface area contributed by atoms with Crippen molar-refractivity contribution >= 4 is 22.5 Å². The van der Waals surface area contributed by atoms with E-state index in [4.69, 9.17) is 5.10 Å². The average molecular weight is 533 g/mol. The van der Waals surface area contributed by atoms with Gasteiger partial charge >= 0.3 is 5.91 Å². The van der Waals surface area contributed by atoms with Gasteiger partial charge in [0.1, 0.15) is 0 Å². The molecular formula is C29H36N6O4. The number of hydrogen-bond acceptors (Lipinski definition) is 6. The Kier molecular flexibility index (Phi) is 6.72. The molecule has 0 bridgehead atoms. The van der Waals surface area contributed by atoms with Crippen LogP contribution in [0.25, 0.3) is 16.6 Å². The van der Waals surface area contributed by atoms with E-state index in [1.54, 1.807) is 43.1 Å². The Morgan fingerprint density at radius 1 is 1.23 bits per heavy atom. The summed E-state index contributed by atoms with van der Waals surface area (Å²) < 4.78 is 4.21. The molecule has 0 spiro atoms. The lowest BCUT2D eigenvalue weighted by molar-refractivity contribution is -0.617. The van der Waals surface area contributed by atoms with E-state index in [1.807, 2.05) is 43.8 Å². The second-order valence-corrected chi connectivity index (χ2v) is 11.7. The van der Waals surface area contributed by atoms with Crippen LogP contribution in [0.2, 0.25) is 0 Å². The van der Waals surface area contributed by atoms with E-state index in [-0.39, 0.29) is 17.7 Å². The first-order valence-corrected chi connectivity index (χ1v) is 13.4. The topological polar surface area (TPSA) is 132 Å². The van der Waals surface area contributed by atoms with Crippen LogP contribution in [0.4, 0.5) is 5.69 Å². The smallest absolute Gasteiger partial charge is 0.321 e. The molecule has 1 fully saturated rings. The summed E-state index contributed by atoms with van der Waals surface area (Å²) in [5.74, 6) is -0.578. The SMILES string of the molecule is CC(C)c1cccc(C(=O)Nc2cc3cn(C4CCC(C)(O)CC4)nc3cc2-n2cc(C(C)(C)O)cn2)[n+]1[O-]. The minimum atomic E-state index is -1.10. The van der Waals surface area contributed by atoms with Crippen molar-refractivity contribution in [2.24, 2.45) is 0 Å². The number of pyridine rings is 1. The highest BCUT2D eigenvalue weighted by Crippen LogP contribution is 2.36. The van der Waals surface area contributed by atoms with E-state index in [2.05, 4.69) is 10.4 Å². The highest BCUT2D eigenvalue weighted by molar-refractivity contribution is 6.04. The maximum atomic E-state index is 13.4. The van der Waals surface area contributed by atoms with E-state index in [0.717, 1.165) is 23.7 Å². The molecule has 5 rings (SSSR count). The van der Waals surface area contributed by atoms with Gasteiger partial charge in [-0.05, 0) is 64.7 Å². The molecule has 0 unspecified atom stereocenters. The molecule has 4 aromatic rings. The monoisotopic (exact) mass is 532 g/mol. The Bertz CT molecular complexity index is 1520. The van der Waals surface area contributed by atoms with Crippen LogP contribution < -0.4 is 10.0 Å². The Morgan fingerprint density at radius 3 is 2.59 bits per heavy atom. The minimum Gasteiger partial charge on any atom is -0.618 e. The number of aliphatic hydroxyl groups is 2. The van der Waals surface area contributed by atoms with Gasteiger partial charge in [0.05, 0.1) is 40.3 Å². The molecule has 1 aliphatic carbocycles. The standard InChI is InChI=1S/C29H36N6O4/c1-18(2)24-7-6-8-25(35(24)39)27(36)31-23-13-19-16-33(21-9-11-29(5,38)12-10-21)32-22(19)14-26(23)34-17-20(15-30-34)28(3,4)37/h6-8,13-18,21,37-38H,9-12H2,1-5H3,(H,31,36). The molecule has 1 amide bonds. The van der Waals surface area contributed by atoms with Crippen LogP contribution in [0.5, 0.6) is 0 Å². The normalized spacial score (nSPS) is 20.1. The van der Waals surface area contributed by atoms with Gasteiger partial charge in [-0.1, -0.05) is 13.8 Å². The van der Waals surface area contributed by atoms with Gasteiger partial charge in [0.15, 0.2) is 5.69 Å². The molecule has 39 heavy (non-hydrogen) atoms. The number of hydrogen-bond donors (Lipinski definition) is 3. The second kappa shape index (κ2) is 9.77. The molecular weight excluding hydrogens is 496 g/mol. The van der Waals surface area contributed by atoms with Crippen molar-refractivity contribution in [3.63, 3.8) is 0 Å². The number of aromatic nitrogens is 5. The molecule has 1 saturated carbocycles. The summed E-state index contributed by atoms with van der Waals surface area (Å²) in [4.78, 5) is 13.4. The zero-order chi connectivity index (χ0) is 28.1. The number of nitrogens with one attached hydrogen (secondary N) is 1. The van der Waals surface area contributed by atoms with Crippen molar-refractivity contribution in [1.82, 2.24) is 19.6 Å². The summed E-state index contributed by atoms with van der Waals surface area (Å²) in [5, 5.41) is 46.8. The highest BCUT2D eigenvalue weighted by Gasteiger charge is 2.30. The Hall–Kier alpha value is -3.76. The first kappa shape index (κ1) is 26.8. The summed E-state index contributed by atoms with van der Waals surface area (Å²) in [6, 6.07) is 8.77. The number of anilines is 1. The van der Waals surface area contributed by atoms with Gasteiger partial charge in [-0.15, -0.1) is 0 Å². The summed E-state index contributed by atoms with van der Waals surface area (Å²) >= 11 is 0. The Balaban J connectivity index is 1.56. The van der Waals surface area contributed by atoms with Crippen molar-refractivity contribution in [3.8, 4) is 5.69 Å². The lowest BCUT2D eigenvalue weighted by Gasteiger charge is -2.33. The molecule has 0 atom stereocenters. The van der Waals surface area contributed by atoms with Crippen molar-refractivity contribution in [3.05, 3.63) is 71.1 Å². The third-order valence-electron chi connectivity index (χ3n) is 7.63. The van der Waals surface area contributed by atoms with Gasteiger partial charge in [0, 0.05) is 41.4 Å². The lowest BCUT2D eigenvalue weighted by atomic mass is 9.84. The maximum Gasteiger partial charge on any atom is 0.321 e. The fraction of sp³-hybridized carbons (Fsp3) is 0.448. The molecule has 10 heteroatoms. The first-order chi connectivity index (χ1) is 18.3. The predicted octanol–water partition coefficient (Wildman–Crippen LogP) is 4.32. The third-order valence-corrected chi connectivity index (χ3v) is 7.63. The van der Waals surface area contributed by atoms with Gasteiger partial charge in [-0.3, -0.25) is 9.48 Å². The van der Waals surface area contributed by atoms with Crippen LogP contribution >= 0.6 is 0 Å². The largest absolute Gasteiger partial charge is 0.618 e. The van der Waals surface area contributed by atoms with E-state index in [1.165, 1.54) is 6.07 Å². The Labute approximate surface area is 227 Å². The fourth-order valence-corrected chi connectivity index (χ4v) is 5.11. The second-order valence-electron chi connectivity index (χ2n) is 11.7. The van der Waals surface area contributed by atoms with E-state index >= 15 is 0 Å². The first-order valence-electron chi connectivity index (χ1n) is 13.4. The predicted molar refractivity (Wildman–Crippen MR) is 148 cm³/mol. The van der Waals surface area contributed by atoms with Crippen LogP contribution in [-0.2, 0) is 5.60 Å². The van der Waals surface area contributed by atoms with E-state index in [9.17, 15) is 20.2 Å². The number of benzene rings is 1. The molecule has 3 heterocycles. The van der Waals surface area contributed by atoms with Crippen molar-refractivity contribution < 1.29 is 19.7 Å². The lowest BCUT2D eigenvalue weighted by Crippen LogP contribution is -2.41.